The molecule has 1 atom stereocenters. The second kappa shape index (κ2) is 7.42. The molecule has 2 heterocycles. The van der Waals surface area contributed by atoms with Crippen LogP contribution in [0.1, 0.15) is 11.1 Å². The number of hydrogen-bond acceptors (Lipinski definition) is 4. The Morgan fingerprint density at radius 2 is 2.08 bits per heavy atom. The van der Waals surface area contributed by atoms with Crippen LogP contribution in [-0.4, -0.2) is 24.7 Å². The van der Waals surface area contributed by atoms with Crippen molar-refractivity contribution >= 4 is 23.1 Å². The molecule has 2 aromatic heterocycles. The Balaban J connectivity index is 1.56. The third-order valence-electron chi connectivity index (χ3n) is 3.67. The molecule has 1 unspecified atom stereocenters. The quantitative estimate of drug-likeness (QED) is 0.723. The Morgan fingerprint density at radius 1 is 1.29 bits per heavy atom. The van der Waals surface area contributed by atoms with Crippen molar-refractivity contribution in [1.29, 1.82) is 0 Å². The third-order valence-corrected chi connectivity index (χ3v) is 4.40. The summed E-state index contributed by atoms with van der Waals surface area (Å²) in [6.45, 7) is 3.23. The summed E-state index contributed by atoms with van der Waals surface area (Å²) >= 11 is 1.67. The van der Waals surface area contributed by atoms with Crippen molar-refractivity contribution in [2.45, 2.75) is 13.5 Å². The van der Waals surface area contributed by atoms with E-state index in [0.29, 0.717) is 18.1 Å². The molecule has 0 fully saturated rings. The zero-order valence-corrected chi connectivity index (χ0v) is 14.5. The predicted molar refractivity (Wildman–Crippen MR) is 95.1 cm³/mol. The molecule has 124 valence electrons. The summed E-state index contributed by atoms with van der Waals surface area (Å²) in [6.07, 6.45) is 0. The van der Waals surface area contributed by atoms with Gasteiger partial charge in [0.1, 0.15) is 12.2 Å². The largest absolute Gasteiger partial charge is 0.338 e. The zero-order chi connectivity index (χ0) is 16.9. The number of anilines is 1. The van der Waals surface area contributed by atoms with Gasteiger partial charge in [-0.3, -0.25) is 10.1 Å². The highest BCUT2D eigenvalue weighted by atomic mass is 32.1. The maximum atomic E-state index is 12.1. The molecule has 0 aliphatic heterocycles. The number of rotatable bonds is 6. The van der Waals surface area contributed by atoms with Crippen molar-refractivity contribution in [3.8, 4) is 11.3 Å². The van der Waals surface area contributed by atoms with Crippen molar-refractivity contribution in [2.75, 3.05) is 18.9 Å². The van der Waals surface area contributed by atoms with E-state index in [1.54, 1.807) is 17.4 Å². The van der Waals surface area contributed by atoms with E-state index in [4.69, 9.17) is 4.52 Å². The van der Waals surface area contributed by atoms with Gasteiger partial charge < -0.3 is 9.42 Å². The monoisotopic (exact) mass is 342 g/mol. The molecule has 0 saturated heterocycles. The molecule has 0 aliphatic rings. The molecule has 0 saturated carbocycles. The number of benzene rings is 1. The third kappa shape index (κ3) is 4.31. The number of hydrogen-bond donors (Lipinski definition) is 2. The first kappa shape index (κ1) is 16.4. The number of quaternary nitrogens is 1. The summed E-state index contributed by atoms with van der Waals surface area (Å²) in [5.74, 6) is 0.285. The second-order valence-electron chi connectivity index (χ2n) is 5.93. The highest BCUT2D eigenvalue weighted by Crippen LogP contribution is 2.21. The fourth-order valence-corrected chi connectivity index (χ4v) is 3.12. The van der Waals surface area contributed by atoms with E-state index in [0.717, 1.165) is 17.0 Å². The first-order valence-electron chi connectivity index (χ1n) is 7.76. The molecule has 3 aromatic rings. The Morgan fingerprint density at radius 3 is 2.79 bits per heavy atom. The maximum absolute atomic E-state index is 12.1. The van der Waals surface area contributed by atoms with Crippen LogP contribution in [0.15, 0.2) is 51.7 Å². The Hall–Kier alpha value is -2.44. The molecule has 2 N–H and O–H groups in total. The number of carbonyl (C=O) groups is 1. The summed E-state index contributed by atoms with van der Waals surface area (Å²) < 4.78 is 5.22. The number of aromatic nitrogens is 1. The summed E-state index contributed by atoms with van der Waals surface area (Å²) in [5.41, 5.74) is 4.10. The van der Waals surface area contributed by atoms with Crippen molar-refractivity contribution in [1.82, 2.24) is 5.16 Å². The van der Waals surface area contributed by atoms with Crippen LogP contribution in [0.5, 0.6) is 0 Å². The summed E-state index contributed by atoms with van der Waals surface area (Å²) in [6, 6.07) is 11.8. The zero-order valence-electron chi connectivity index (χ0n) is 13.7. The van der Waals surface area contributed by atoms with Gasteiger partial charge in [-0.05, 0) is 23.8 Å². The lowest BCUT2D eigenvalue weighted by Crippen LogP contribution is -3.08. The minimum atomic E-state index is -0.0886. The molecular formula is C18H20N3O2S+. The number of likely N-dealkylation sites (N-methyl/N-ethyl adjacent to an activating group) is 1. The number of carbonyl (C=O) groups excluding carboxylic acids is 1. The molecular weight excluding hydrogens is 322 g/mol. The summed E-state index contributed by atoms with van der Waals surface area (Å²) in [5, 5.41) is 10.9. The maximum Gasteiger partial charge on any atom is 0.281 e. The lowest BCUT2D eigenvalue weighted by molar-refractivity contribution is -0.885. The number of nitrogens with zero attached hydrogens (tertiary/aromatic N) is 1. The van der Waals surface area contributed by atoms with E-state index in [1.807, 2.05) is 43.6 Å². The molecule has 5 nitrogen and oxygen atoms in total. The molecule has 3 rings (SSSR count). The molecule has 0 aliphatic carbocycles. The van der Waals surface area contributed by atoms with Crippen molar-refractivity contribution in [2.24, 2.45) is 0 Å². The average molecular weight is 342 g/mol. The SMILES string of the molecule is Cc1ccc(-c2cc(NC(=O)C[NH+](C)Cc3ccsc3)on2)cc1. The van der Waals surface area contributed by atoms with Crippen LogP contribution in [0.25, 0.3) is 11.3 Å². The summed E-state index contributed by atoms with van der Waals surface area (Å²) in [7, 11) is 2.00. The Kier molecular flexibility index (Phi) is 5.08. The average Bonchev–Trinajstić information content (AvgIpc) is 3.19. The molecule has 6 heteroatoms. The molecule has 0 bridgehead atoms. The van der Waals surface area contributed by atoms with Gasteiger partial charge in [-0.25, -0.2) is 0 Å². The van der Waals surface area contributed by atoms with Gasteiger partial charge in [0.05, 0.1) is 7.05 Å². The van der Waals surface area contributed by atoms with Crippen molar-refractivity contribution in [3.63, 3.8) is 0 Å². The molecule has 1 aromatic carbocycles. The first-order valence-corrected chi connectivity index (χ1v) is 8.70. The van der Waals surface area contributed by atoms with Gasteiger partial charge in [0.15, 0.2) is 6.54 Å². The number of nitrogens with one attached hydrogen (secondary N) is 2. The van der Waals surface area contributed by atoms with Crippen LogP contribution in [-0.2, 0) is 11.3 Å². The van der Waals surface area contributed by atoms with Crippen molar-refractivity contribution < 1.29 is 14.2 Å². The van der Waals surface area contributed by atoms with Gasteiger partial charge in [0.2, 0.25) is 5.88 Å². The lowest BCUT2D eigenvalue weighted by Gasteiger charge is -2.11. The normalized spacial score (nSPS) is 12.1. The number of aryl methyl sites for hydroxylation is 1. The van der Waals surface area contributed by atoms with E-state index in [2.05, 4.69) is 21.9 Å². The molecule has 1 amide bonds. The van der Waals surface area contributed by atoms with E-state index in [-0.39, 0.29) is 5.91 Å². The van der Waals surface area contributed by atoms with E-state index < -0.39 is 0 Å². The van der Waals surface area contributed by atoms with Gasteiger partial charge >= 0.3 is 0 Å². The van der Waals surface area contributed by atoms with E-state index >= 15 is 0 Å². The molecule has 24 heavy (non-hydrogen) atoms. The van der Waals surface area contributed by atoms with Gasteiger partial charge in [0, 0.05) is 17.2 Å². The van der Waals surface area contributed by atoms with Crippen LogP contribution in [0.3, 0.4) is 0 Å². The number of amides is 1. The minimum Gasteiger partial charge on any atom is -0.338 e. The number of thiophene rings is 1. The van der Waals surface area contributed by atoms with Crippen LogP contribution in [0.4, 0.5) is 5.88 Å². The predicted octanol–water partition coefficient (Wildman–Crippen LogP) is 2.36. The van der Waals surface area contributed by atoms with Crippen LogP contribution in [0.2, 0.25) is 0 Å². The lowest BCUT2D eigenvalue weighted by atomic mass is 10.1. The fraction of sp³-hybridized carbons (Fsp3) is 0.222. The van der Waals surface area contributed by atoms with Crippen molar-refractivity contribution in [3.05, 3.63) is 58.3 Å². The van der Waals surface area contributed by atoms with Gasteiger partial charge in [-0.15, -0.1) is 0 Å². The van der Waals surface area contributed by atoms with Crippen LogP contribution < -0.4 is 10.2 Å². The van der Waals surface area contributed by atoms with E-state index in [9.17, 15) is 4.79 Å². The highest BCUT2D eigenvalue weighted by Gasteiger charge is 2.14. The minimum absolute atomic E-state index is 0.0886. The Labute approximate surface area is 144 Å². The van der Waals surface area contributed by atoms with Gasteiger partial charge in [-0.1, -0.05) is 35.0 Å². The molecule has 0 radical (unpaired) electrons. The van der Waals surface area contributed by atoms with Crippen LogP contribution >= 0.6 is 11.3 Å². The van der Waals surface area contributed by atoms with Gasteiger partial charge in [0.25, 0.3) is 5.91 Å². The fourth-order valence-electron chi connectivity index (χ4n) is 2.45. The molecule has 0 spiro atoms. The Bertz CT molecular complexity index is 794. The second-order valence-corrected chi connectivity index (χ2v) is 6.71. The topological polar surface area (TPSA) is 59.6 Å². The smallest absolute Gasteiger partial charge is 0.281 e. The highest BCUT2D eigenvalue weighted by molar-refractivity contribution is 7.07. The van der Waals surface area contributed by atoms with Gasteiger partial charge in [-0.2, -0.15) is 11.3 Å². The van der Waals surface area contributed by atoms with E-state index in [1.165, 1.54) is 11.1 Å². The standard InChI is InChI=1S/C18H19N3O2S/c1-13-3-5-15(6-4-13)16-9-18(23-20-16)19-17(22)11-21(2)10-14-7-8-24-12-14/h3-9,12H,10-11H2,1-2H3,(H,19,22)/p+1. The first-order chi connectivity index (χ1) is 11.6. The van der Waals surface area contributed by atoms with Crippen LogP contribution in [0, 0.1) is 6.92 Å². The summed E-state index contributed by atoms with van der Waals surface area (Å²) in [4.78, 5) is 13.2.